The van der Waals surface area contributed by atoms with E-state index in [1.54, 1.807) is 18.3 Å². The number of sulfonamides is 1. The van der Waals surface area contributed by atoms with Gasteiger partial charge in [-0.05, 0) is 17.9 Å². The lowest BCUT2D eigenvalue weighted by Gasteiger charge is -2.17. The molecule has 3 rings (SSSR count). The Labute approximate surface area is 106 Å². The zero-order valence-corrected chi connectivity index (χ0v) is 10.6. The number of hydrogen-bond acceptors (Lipinski definition) is 2. The number of fused-ring (bicyclic) bond motifs is 1. The SMILES string of the molecule is O=S(=O)(c1cccc2ccccc12)N1C=CCC1. The molecule has 4 heteroatoms. The Balaban J connectivity index is 2.23. The normalized spacial score (nSPS) is 15.4. The largest absolute Gasteiger partial charge is 0.273 e. The summed E-state index contributed by atoms with van der Waals surface area (Å²) in [5, 5.41) is 1.72. The van der Waals surface area contributed by atoms with Gasteiger partial charge in [0, 0.05) is 18.1 Å². The smallest absolute Gasteiger partial charge is 0.264 e. The second kappa shape index (κ2) is 4.14. The number of benzene rings is 2. The quantitative estimate of drug-likeness (QED) is 0.831. The van der Waals surface area contributed by atoms with E-state index in [4.69, 9.17) is 0 Å². The Morgan fingerprint density at radius 3 is 2.56 bits per heavy atom. The average Bonchev–Trinajstić information content (AvgIpc) is 2.92. The Bertz CT molecular complexity index is 714. The number of nitrogens with zero attached hydrogens (tertiary/aromatic N) is 1. The molecule has 0 aliphatic carbocycles. The van der Waals surface area contributed by atoms with Crippen LogP contribution in [0.2, 0.25) is 0 Å². The maximum Gasteiger partial charge on any atom is 0.264 e. The van der Waals surface area contributed by atoms with Gasteiger partial charge >= 0.3 is 0 Å². The minimum Gasteiger partial charge on any atom is -0.273 e. The standard InChI is InChI=1S/C14H13NO2S/c16-18(17,15-10-3-4-11-15)14-9-5-7-12-6-1-2-8-13(12)14/h1-3,5-10H,4,11H2. The number of rotatable bonds is 2. The molecule has 0 saturated carbocycles. The van der Waals surface area contributed by atoms with Crippen LogP contribution in [-0.4, -0.2) is 19.3 Å². The molecule has 1 aliphatic heterocycles. The Morgan fingerprint density at radius 2 is 1.78 bits per heavy atom. The van der Waals surface area contributed by atoms with Gasteiger partial charge in [-0.15, -0.1) is 0 Å². The highest BCUT2D eigenvalue weighted by Gasteiger charge is 2.24. The second-order valence-corrected chi connectivity index (χ2v) is 6.13. The van der Waals surface area contributed by atoms with E-state index in [9.17, 15) is 8.42 Å². The van der Waals surface area contributed by atoms with E-state index >= 15 is 0 Å². The molecule has 0 bridgehead atoms. The van der Waals surface area contributed by atoms with Crippen LogP contribution in [0.5, 0.6) is 0 Å². The summed E-state index contributed by atoms with van der Waals surface area (Å²) in [6, 6.07) is 12.9. The zero-order valence-electron chi connectivity index (χ0n) is 9.78. The van der Waals surface area contributed by atoms with Crippen molar-refractivity contribution in [3.63, 3.8) is 0 Å². The lowest BCUT2D eigenvalue weighted by molar-refractivity contribution is 0.518. The third-order valence-electron chi connectivity index (χ3n) is 3.12. The molecule has 0 atom stereocenters. The molecule has 0 N–H and O–H groups in total. The van der Waals surface area contributed by atoms with Crippen LogP contribution in [0.3, 0.4) is 0 Å². The van der Waals surface area contributed by atoms with Gasteiger partial charge in [0.2, 0.25) is 0 Å². The molecule has 0 saturated heterocycles. The van der Waals surface area contributed by atoms with Crippen LogP contribution in [0.15, 0.2) is 59.6 Å². The van der Waals surface area contributed by atoms with Crippen LogP contribution < -0.4 is 0 Å². The van der Waals surface area contributed by atoms with Gasteiger partial charge in [0.15, 0.2) is 0 Å². The highest BCUT2D eigenvalue weighted by atomic mass is 32.2. The third kappa shape index (κ3) is 1.69. The van der Waals surface area contributed by atoms with Crippen LogP contribution in [-0.2, 0) is 10.0 Å². The Morgan fingerprint density at radius 1 is 1.00 bits per heavy atom. The molecule has 1 aliphatic rings. The maximum atomic E-state index is 12.5. The fourth-order valence-electron chi connectivity index (χ4n) is 2.22. The lowest BCUT2D eigenvalue weighted by Crippen LogP contribution is -2.24. The van der Waals surface area contributed by atoms with Gasteiger partial charge in [0.05, 0.1) is 4.90 Å². The molecule has 0 amide bonds. The lowest BCUT2D eigenvalue weighted by atomic mass is 10.1. The highest BCUT2D eigenvalue weighted by Crippen LogP contribution is 2.27. The average molecular weight is 259 g/mol. The second-order valence-electron chi connectivity index (χ2n) is 4.27. The molecule has 2 aromatic rings. The molecular weight excluding hydrogens is 246 g/mol. The van der Waals surface area contributed by atoms with Crippen LogP contribution in [0.4, 0.5) is 0 Å². The molecule has 3 nitrogen and oxygen atoms in total. The van der Waals surface area contributed by atoms with E-state index in [2.05, 4.69) is 0 Å². The van der Waals surface area contributed by atoms with E-state index in [1.807, 2.05) is 36.4 Å². The Kier molecular flexibility index (Phi) is 2.59. The molecule has 2 aromatic carbocycles. The maximum absolute atomic E-state index is 12.5. The first-order valence-electron chi connectivity index (χ1n) is 5.86. The van der Waals surface area contributed by atoms with Gasteiger partial charge in [-0.2, -0.15) is 0 Å². The highest BCUT2D eigenvalue weighted by molar-refractivity contribution is 7.89. The van der Waals surface area contributed by atoms with Gasteiger partial charge in [-0.3, -0.25) is 4.31 Å². The summed E-state index contributed by atoms with van der Waals surface area (Å²) in [5.74, 6) is 0. The number of hydrogen-bond donors (Lipinski definition) is 0. The summed E-state index contributed by atoms with van der Waals surface area (Å²) in [7, 11) is -3.42. The Hall–Kier alpha value is -1.81. The molecule has 0 fully saturated rings. The van der Waals surface area contributed by atoms with Crippen molar-refractivity contribution in [1.29, 1.82) is 0 Å². The molecule has 18 heavy (non-hydrogen) atoms. The molecule has 0 radical (unpaired) electrons. The van der Waals surface area contributed by atoms with E-state index in [0.717, 1.165) is 17.2 Å². The van der Waals surface area contributed by atoms with E-state index in [0.29, 0.717) is 11.4 Å². The predicted octanol–water partition coefficient (Wildman–Crippen LogP) is 2.75. The van der Waals surface area contributed by atoms with Gasteiger partial charge in [-0.25, -0.2) is 8.42 Å². The van der Waals surface area contributed by atoms with Crippen LogP contribution in [0.25, 0.3) is 10.8 Å². The first kappa shape index (κ1) is 11.3. The molecule has 0 aromatic heterocycles. The molecular formula is C14H13NO2S. The van der Waals surface area contributed by atoms with Crippen LogP contribution in [0.1, 0.15) is 6.42 Å². The van der Waals surface area contributed by atoms with Crippen molar-refractivity contribution in [2.75, 3.05) is 6.54 Å². The summed E-state index contributed by atoms with van der Waals surface area (Å²) < 4.78 is 26.5. The van der Waals surface area contributed by atoms with Gasteiger partial charge < -0.3 is 0 Å². The third-order valence-corrected chi connectivity index (χ3v) is 4.96. The molecule has 0 unspecified atom stereocenters. The van der Waals surface area contributed by atoms with Crippen molar-refractivity contribution < 1.29 is 8.42 Å². The van der Waals surface area contributed by atoms with Crippen molar-refractivity contribution in [3.05, 3.63) is 54.7 Å². The summed E-state index contributed by atoms with van der Waals surface area (Å²) in [4.78, 5) is 0.382. The summed E-state index contributed by atoms with van der Waals surface area (Å²) in [6.07, 6.45) is 4.31. The fourth-order valence-corrected chi connectivity index (χ4v) is 3.77. The van der Waals surface area contributed by atoms with E-state index in [-0.39, 0.29) is 0 Å². The van der Waals surface area contributed by atoms with E-state index < -0.39 is 10.0 Å². The first-order valence-corrected chi connectivity index (χ1v) is 7.30. The van der Waals surface area contributed by atoms with Crippen LogP contribution in [0, 0.1) is 0 Å². The fraction of sp³-hybridized carbons (Fsp3) is 0.143. The summed E-state index contributed by atoms with van der Waals surface area (Å²) in [6.45, 7) is 0.533. The van der Waals surface area contributed by atoms with Crippen LogP contribution >= 0.6 is 0 Å². The summed E-state index contributed by atoms with van der Waals surface area (Å²) in [5.41, 5.74) is 0. The van der Waals surface area contributed by atoms with Crippen molar-refractivity contribution in [2.24, 2.45) is 0 Å². The zero-order chi connectivity index (χ0) is 12.6. The molecule has 92 valence electrons. The van der Waals surface area contributed by atoms with Crippen molar-refractivity contribution in [2.45, 2.75) is 11.3 Å². The van der Waals surface area contributed by atoms with E-state index in [1.165, 1.54) is 4.31 Å². The molecule has 0 spiro atoms. The topological polar surface area (TPSA) is 37.4 Å². The van der Waals surface area contributed by atoms with Crippen molar-refractivity contribution in [1.82, 2.24) is 4.31 Å². The van der Waals surface area contributed by atoms with Crippen molar-refractivity contribution >= 4 is 20.8 Å². The monoisotopic (exact) mass is 259 g/mol. The van der Waals surface area contributed by atoms with Gasteiger partial charge in [-0.1, -0.05) is 42.5 Å². The van der Waals surface area contributed by atoms with Gasteiger partial charge in [0.25, 0.3) is 10.0 Å². The minimum absolute atomic E-state index is 0.382. The van der Waals surface area contributed by atoms with Crippen molar-refractivity contribution in [3.8, 4) is 0 Å². The molecule has 1 heterocycles. The summed E-state index contributed by atoms with van der Waals surface area (Å²) >= 11 is 0. The predicted molar refractivity (Wildman–Crippen MR) is 71.6 cm³/mol. The van der Waals surface area contributed by atoms with Gasteiger partial charge in [0.1, 0.15) is 0 Å². The minimum atomic E-state index is -3.42. The first-order chi connectivity index (χ1) is 8.69.